The number of nitrogens with zero attached hydrogens (tertiary/aromatic N) is 6. The summed E-state index contributed by atoms with van der Waals surface area (Å²) in [6.45, 7) is 16.5. The van der Waals surface area contributed by atoms with Crippen LogP contribution in [0.5, 0.6) is 0 Å². The molecule has 5 rings (SSSR count). The van der Waals surface area contributed by atoms with Gasteiger partial charge >= 0.3 is 5.69 Å². The molecule has 2 unspecified atom stereocenters. The summed E-state index contributed by atoms with van der Waals surface area (Å²) < 4.78 is 17.3. The van der Waals surface area contributed by atoms with E-state index in [1.807, 2.05) is 52.5 Å². The molecule has 0 radical (unpaired) electrons. The van der Waals surface area contributed by atoms with Crippen molar-refractivity contribution in [3.05, 3.63) is 86.2 Å². The molecule has 44 heavy (non-hydrogen) atoms. The largest absolute Gasteiger partial charge is 0.355 e. The number of amides is 1. The average molecular weight is 682 g/mol. The normalized spacial score (nSPS) is 17.2. The molecule has 230 valence electrons. The van der Waals surface area contributed by atoms with Crippen LogP contribution in [0.3, 0.4) is 0 Å². The van der Waals surface area contributed by atoms with Crippen molar-refractivity contribution in [2.75, 3.05) is 18.0 Å². The van der Waals surface area contributed by atoms with E-state index in [1.165, 1.54) is 16.7 Å². The minimum atomic E-state index is -0.542. The smallest absolute Gasteiger partial charge is 0.349 e. The van der Waals surface area contributed by atoms with Crippen molar-refractivity contribution in [3.8, 4) is 16.9 Å². The van der Waals surface area contributed by atoms with Gasteiger partial charge in [-0.25, -0.2) is 23.7 Å². The number of pyridine rings is 2. The van der Waals surface area contributed by atoms with E-state index < -0.39 is 11.5 Å². The highest BCUT2D eigenvalue weighted by Crippen LogP contribution is 2.38. The Hall–Kier alpha value is -3.63. The van der Waals surface area contributed by atoms with Crippen LogP contribution in [-0.2, 0) is 4.79 Å². The van der Waals surface area contributed by atoms with Crippen LogP contribution in [0, 0.1) is 5.82 Å². The van der Waals surface area contributed by atoms with E-state index in [-0.39, 0.29) is 46.1 Å². The molecule has 0 spiro atoms. The van der Waals surface area contributed by atoms with Crippen LogP contribution in [0.15, 0.2) is 58.5 Å². The molecule has 1 saturated heterocycles. The topological polar surface area (TPSA) is 84.2 Å². The van der Waals surface area contributed by atoms with Crippen LogP contribution in [0.1, 0.15) is 64.6 Å². The quantitative estimate of drug-likeness (QED) is 0.157. The highest BCUT2D eigenvalue weighted by atomic mass is 79.9. The highest BCUT2D eigenvalue weighted by molar-refractivity contribution is 9.10. The molecule has 0 N–H and O–H groups in total. The summed E-state index contributed by atoms with van der Waals surface area (Å²) in [5.74, 6) is -0.245. The molecule has 2 atom stereocenters. The fraction of sp³-hybridized carbons (Fsp3) is 0.364. The number of anilines is 1. The van der Waals surface area contributed by atoms with Crippen LogP contribution in [0.4, 0.5) is 10.2 Å². The van der Waals surface area contributed by atoms with Gasteiger partial charge in [0.15, 0.2) is 5.65 Å². The second kappa shape index (κ2) is 12.4. The minimum absolute atomic E-state index is 0.0260. The van der Waals surface area contributed by atoms with E-state index in [0.29, 0.717) is 45.9 Å². The second-order valence-electron chi connectivity index (χ2n) is 11.8. The second-order valence-corrected chi connectivity index (χ2v) is 13.1. The molecule has 0 saturated carbocycles. The third-order valence-electron chi connectivity index (χ3n) is 8.06. The Bertz CT molecular complexity index is 1810. The Labute approximate surface area is 269 Å². The number of halogens is 3. The molecule has 1 amide bonds. The number of fused-ring (bicyclic) bond motifs is 1. The summed E-state index contributed by atoms with van der Waals surface area (Å²) in [4.78, 5) is 45.0. The number of carbonyl (C=O) groups is 1. The van der Waals surface area contributed by atoms with Gasteiger partial charge in [-0.15, -0.1) is 0 Å². The van der Waals surface area contributed by atoms with Crippen molar-refractivity contribution in [2.45, 2.75) is 65.5 Å². The first-order valence-corrected chi connectivity index (χ1v) is 15.8. The van der Waals surface area contributed by atoms with E-state index in [0.717, 1.165) is 5.56 Å². The van der Waals surface area contributed by atoms with Crippen LogP contribution in [-0.4, -0.2) is 55.5 Å². The molecule has 1 aliphatic heterocycles. The molecule has 1 aromatic carbocycles. The zero-order valence-electron chi connectivity index (χ0n) is 25.6. The lowest BCUT2D eigenvalue weighted by Crippen LogP contribution is -2.58. The first kappa shape index (κ1) is 31.8. The molecule has 0 aliphatic carbocycles. The average Bonchev–Trinajstić information content (AvgIpc) is 2.97. The molecule has 3 aromatic heterocycles. The van der Waals surface area contributed by atoms with Crippen molar-refractivity contribution in [2.24, 2.45) is 0 Å². The lowest BCUT2D eigenvalue weighted by Gasteiger charge is -2.44. The first-order chi connectivity index (χ1) is 20.8. The van der Waals surface area contributed by atoms with Crippen LogP contribution >= 0.6 is 27.5 Å². The molecule has 0 bridgehead atoms. The maximum absolute atomic E-state index is 15.1. The lowest BCUT2D eigenvalue weighted by molar-refractivity contribution is -0.128. The van der Waals surface area contributed by atoms with Gasteiger partial charge in [0.2, 0.25) is 5.91 Å². The number of hydrogen-bond donors (Lipinski definition) is 0. The molecule has 1 aliphatic rings. The van der Waals surface area contributed by atoms with E-state index in [1.54, 1.807) is 29.2 Å². The van der Waals surface area contributed by atoms with Gasteiger partial charge in [-0.2, -0.15) is 4.98 Å². The maximum atomic E-state index is 15.1. The Morgan fingerprint density at radius 1 is 1.07 bits per heavy atom. The maximum Gasteiger partial charge on any atom is 0.355 e. The summed E-state index contributed by atoms with van der Waals surface area (Å²) in [6.07, 6.45) is 1.31. The number of aromatic nitrogens is 4. The van der Waals surface area contributed by atoms with Gasteiger partial charge in [0.05, 0.1) is 27.5 Å². The standard InChI is InChI=1S/C33H35BrClFN6O2/c1-8-27(43)40-15-20(7)41(16-19(40)6)31-23-13-24(35)29(21-11-9-10-12-25(21)36)38-32(23)42(33(44)39-31)30-22(17(2)3)14-26(34)37-28(30)18(4)5/h8-14,17-20H,1,15-16H2,2-7H3. The summed E-state index contributed by atoms with van der Waals surface area (Å²) in [6, 6.07) is 9.53. The number of hydrogen-bond acceptors (Lipinski definition) is 6. The first-order valence-electron chi connectivity index (χ1n) is 14.6. The third-order valence-corrected chi connectivity index (χ3v) is 8.75. The SMILES string of the molecule is C=CC(=O)N1CC(C)N(c2nc(=O)n(-c3c(C(C)C)cc(Br)nc3C(C)C)c3nc(-c4ccccc4F)c(Cl)cc23)CC1C. The molecular weight excluding hydrogens is 647 g/mol. The van der Waals surface area contributed by atoms with Gasteiger partial charge < -0.3 is 9.80 Å². The summed E-state index contributed by atoms with van der Waals surface area (Å²) in [5, 5.41) is 0.753. The zero-order chi connectivity index (χ0) is 32.0. The Kier molecular flexibility index (Phi) is 8.96. The number of benzene rings is 1. The lowest BCUT2D eigenvalue weighted by atomic mass is 9.97. The fourth-order valence-corrected chi connectivity index (χ4v) is 6.54. The van der Waals surface area contributed by atoms with Gasteiger partial charge in [0.1, 0.15) is 16.2 Å². The number of carbonyl (C=O) groups excluding carboxylic acids is 1. The predicted octanol–water partition coefficient (Wildman–Crippen LogP) is 7.26. The van der Waals surface area contributed by atoms with Crippen molar-refractivity contribution in [3.63, 3.8) is 0 Å². The summed E-state index contributed by atoms with van der Waals surface area (Å²) in [5.41, 5.74) is 2.37. The van der Waals surface area contributed by atoms with Gasteiger partial charge in [-0.05, 0) is 77.5 Å². The predicted molar refractivity (Wildman–Crippen MR) is 177 cm³/mol. The van der Waals surface area contributed by atoms with Gasteiger partial charge in [-0.3, -0.25) is 4.79 Å². The van der Waals surface area contributed by atoms with E-state index in [4.69, 9.17) is 21.6 Å². The fourth-order valence-electron chi connectivity index (χ4n) is 5.85. The van der Waals surface area contributed by atoms with Gasteiger partial charge in [-0.1, -0.05) is 58.0 Å². The van der Waals surface area contributed by atoms with Crippen LogP contribution < -0.4 is 10.6 Å². The molecule has 11 heteroatoms. The van der Waals surface area contributed by atoms with Crippen molar-refractivity contribution < 1.29 is 9.18 Å². The molecule has 4 aromatic rings. The van der Waals surface area contributed by atoms with Crippen LogP contribution in [0.2, 0.25) is 5.02 Å². The molecular formula is C33H35BrClFN6O2. The Morgan fingerprint density at radius 2 is 1.77 bits per heavy atom. The molecule has 1 fully saturated rings. The number of piperazine rings is 1. The van der Waals surface area contributed by atoms with E-state index in [9.17, 15) is 9.59 Å². The summed E-state index contributed by atoms with van der Waals surface area (Å²) in [7, 11) is 0. The summed E-state index contributed by atoms with van der Waals surface area (Å²) >= 11 is 10.4. The Balaban J connectivity index is 1.87. The van der Waals surface area contributed by atoms with Crippen molar-refractivity contribution in [1.29, 1.82) is 0 Å². The van der Waals surface area contributed by atoms with Gasteiger partial charge in [0, 0.05) is 30.7 Å². The Morgan fingerprint density at radius 3 is 2.41 bits per heavy atom. The molecule has 8 nitrogen and oxygen atoms in total. The van der Waals surface area contributed by atoms with E-state index in [2.05, 4.69) is 27.5 Å². The van der Waals surface area contributed by atoms with Crippen molar-refractivity contribution in [1.82, 2.24) is 24.4 Å². The number of rotatable bonds is 6. The monoisotopic (exact) mass is 680 g/mol. The third kappa shape index (κ3) is 5.65. The van der Waals surface area contributed by atoms with Gasteiger partial charge in [0.25, 0.3) is 0 Å². The zero-order valence-corrected chi connectivity index (χ0v) is 27.9. The van der Waals surface area contributed by atoms with Crippen molar-refractivity contribution >= 4 is 50.3 Å². The van der Waals surface area contributed by atoms with Crippen LogP contribution in [0.25, 0.3) is 28.0 Å². The van der Waals surface area contributed by atoms with E-state index >= 15 is 4.39 Å². The molecule has 4 heterocycles. The minimum Gasteiger partial charge on any atom is -0.349 e. The highest BCUT2D eigenvalue weighted by Gasteiger charge is 2.34.